The fourth-order valence-electron chi connectivity index (χ4n) is 3.91. The average Bonchev–Trinajstić information content (AvgIpc) is 2.45. The summed E-state index contributed by atoms with van der Waals surface area (Å²) in [4.78, 5) is 2.73. The molecule has 0 aromatic rings. The monoisotopic (exact) mass is 296 g/mol. The molecule has 3 atom stereocenters. The van der Waals surface area contributed by atoms with Gasteiger partial charge in [0.25, 0.3) is 0 Å². The molecular weight excluding hydrogens is 256 g/mol. The Morgan fingerprint density at radius 2 is 1.81 bits per heavy atom. The SMILES string of the molecule is CCCCCN(CC1CC(C(C)C)CCC1NC)C(C)C. The minimum absolute atomic E-state index is 0.679. The summed E-state index contributed by atoms with van der Waals surface area (Å²) >= 11 is 0. The molecular formula is C19H40N2. The molecule has 2 heteroatoms. The Bertz CT molecular complexity index is 262. The first-order valence-electron chi connectivity index (χ1n) is 9.40. The average molecular weight is 297 g/mol. The zero-order valence-electron chi connectivity index (χ0n) is 15.5. The van der Waals surface area contributed by atoms with Crippen molar-refractivity contribution in [3.8, 4) is 0 Å². The second-order valence-electron chi connectivity index (χ2n) is 7.77. The first-order valence-corrected chi connectivity index (χ1v) is 9.40. The molecule has 1 aliphatic carbocycles. The molecule has 0 radical (unpaired) electrons. The van der Waals surface area contributed by atoms with Crippen molar-refractivity contribution < 1.29 is 0 Å². The van der Waals surface area contributed by atoms with E-state index in [0.717, 1.165) is 23.8 Å². The second kappa shape index (κ2) is 9.84. The lowest BCUT2D eigenvalue weighted by atomic mass is 9.73. The number of hydrogen-bond donors (Lipinski definition) is 1. The van der Waals surface area contributed by atoms with Gasteiger partial charge in [-0.2, -0.15) is 0 Å². The number of rotatable bonds is 9. The minimum atomic E-state index is 0.679. The predicted molar refractivity (Wildman–Crippen MR) is 94.8 cm³/mol. The van der Waals surface area contributed by atoms with Crippen LogP contribution in [0, 0.1) is 17.8 Å². The van der Waals surface area contributed by atoms with Gasteiger partial charge in [-0.3, -0.25) is 0 Å². The van der Waals surface area contributed by atoms with Gasteiger partial charge in [-0.05, 0) is 70.9 Å². The van der Waals surface area contributed by atoms with Crippen LogP contribution in [0.15, 0.2) is 0 Å². The maximum atomic E-state index is 3.60. The summed E-state index contributed by atoms with van der Waals surface area (Å²) in [5, 5.41) is 3.60. The van der Waals surface area contributed by atoms with Gasteiger partial charge in [0.2, 0.25) is 0 Å². The zero-order chi connectivity index (χ0) is 15.8. The number of nitrogens with zero attached hydrogens (tertiary/aromatic N) is 1. The van der Waals surface area contributed by atoms with Gasteiger partial charge >= 0.3 is 0 Å². The van der Waals surface area contributed by atoms with Crippen molar-refractivity contribution in [1.82, 2.24) is 10.2 Å². The van der Waals surface area contributed by atoms with Gasteiger partial charge < -0.3 is 10.2 Å². The third kappa shape index (κ3) is 6.28. The topological polar surface area (TPSA) is 15.3 Å². The first-order chi connectivity index (χ1) is 9.99. The Kier molecular flexibility index (Phi) is 8.89. The molecule has 0 aliphatic heterocycles. The molecule has 126 valence electrons. The highest BCUT2D eigenvalue weighted by Gasteiger charge is 2.32. The van der Waals surface area contributed by atoms with Crippen molar-refractivity contribution in [2.75, 3.05) is 20.1 Å². The van der Waals surface area contributed by atoms with E-state index in [1.54, 1.807) is 0 Å². The normalized spacial score (nSPS) is 27.0. The van der Waals surface area contributed by atoms with Crippen LogP contribution in [0.4, 0.5) is 0 Å². The summed E-state index contributed by atoms with van der Waals surface area (Å²) < 4.78 is 0. The fraction of sp³-hybridized carbons (Fsp3) is 1.00. The van der Waals surface area contributed by atoms with E-state index in [1.165, 1.54) is 51.6 Å². The highest BCUT2D eigenvalue weighted by Crippen LogP contribution is 2.34. The van der Waals surface area contributed by atoms with Crippen LogP contribution in [0.1, 0.15) is 73.1 Å². The number of nitrogens with one attached hydrogen (secondary N) is 1. The Hall–Kier alpha value is -0.0800. The fourth-order valence-corrected chi connectivity index (χ4v) is 3.91. The molecule has 0 amide bonds. The van der Waals surface area contributed by atoms with Crippen molar-refractivity contribution in [3.05, 3.63) is 0 Å². The van der Waals surface area contributed by atoms with Crippen LogP contribution < -0.4 is 5.32 Å². The molecule has 0 saturated heterocycles. The zero-order valence-corrected chi connectivity index (χ0v) is 15.5. The number of unbranched alkanes of at least 4 members (excludes halogenated alkanes) is 2. The molecule has 3 unspecified atom stereocenters. The first kappa shape index (κ1) is 19.0. The quantitative estimate of drug-likeness (QED) is 0.628. The van der Waals surface area contributed by atoms with Crippen LogP contribution in [0.5, 0.6) is 0 Å². The van der Waals surface area contributed by atoms with E-state index in [4.69, 9.17) is 0 Å². The van der Waals surface area contributed by atoms with Gasteiger partial charge in [0.1, 0.15) is 0 Å². The maximum Gasteiger partial charge on any atom is 0.0105 e. The lowest BCUT2D eigenvalue weighted by Crippen LogP contribution is -2.47. The molecule has 21 heavy (non-hydrogen) atoms. The summed E-state index contributed by atoms with van der Waals surface area (Å²) in [5.74, 6) is 2.61. The third-order valence-electron chi connectivity index (χ3n) is 5.58. The molecule has 0 aromatic heterocycles. The Morgan fingerprint density at radius 3 is 2.33 bits per heavy atom. The van der Waals surface area contributed by atoms with E-state index in [2.05, 4.69) is 51.9 Å². The van der Waals surface area contributed by atoms with E-state index in [1.807, 2.05) is 0 Å². The summed E-state index contributed by atoms with van der Waals surface area (Å²) in [6.07, 6.45) is 8.25. The van der Waals surface area contributed by atoms with Gasteiger partial charge in [-0.15, -0.1) is 0 Å². The number of hydrogen-bond acceptors (Lipinski definition) is 2. The van der Waals surface area contributed by atoms with Crippen LogP contribution in [0.25, 0.3) is 0 Å². The van der Waals surface area contributed by atoms with Crippen molar-refractivity contribution in [3.63, 3.8) is 0 Å². The van der Waals surface area contributed by atoms with Gasteiger partial charge in [0, 0.05) is 18.6 Å². The lowest BCUT2D eigenvalue weighted by Gasteiger charge is -2.41. The molecule has 0 bridgehead atoms. The Balaban J connectivity index is 2.59. The van der Waals surface area contributed by atoms with Crippen molar-refractivity contribution in [2.45, 2.75) is 85.2 Å². The van der Waals surface area contributed by atoms with Gasteiger partial charge in [0.15, 0.2) is 0 Å². The predicted octanol–water partition coefficient (Wildman–Crippen LogP) is 4.55. The third-order valence-corrected chi connectivity index (χ3v) is 5.58. The molecule has 2 nitrogen and oxygen atoms in total. The largest absolute Gasteiger partial charge is 0.317 e. The van der Waals surface area contributed by atoms with E-state index in [-0.39, 0.29) is 0 Å². The van der Waals surface area contributed by atoms with E-state index < -0.39 is 0 Å². The van der Waals surface area contributed by atoms with Crippen LogP contribution in [-0.4, -0.2) is 37.1 Å². The Labute approximate surface area is 134 Å². The van der Waals surface area contributed by atoms with Gasteiger partial charge in [-0.25, -0.2) is 0 Å². The van der Waals surface area contributed by atoms with Gasteiger partial charge in [-0.1, -0.05) is 33.6 Å². The van der Waals surface area contributed by atoms with Crippen LogP contribution in [0.3, 0.4) is 0 Å². The van der Waals surface area contributed by atoms with Gasteiger partial charge in [0.05, 0.1) is 0 Å². The second-order valence-corrected chi connectivity index (χ2v) is 7.77. The summed E-state index contributed by atoms with van der Waals surface area (Å²) in [7, 11) is 2.16. The minimum Gasteiger partial charge on any atom is -0.317 e. The van der Waals surface area contributed by atoms with Crippen LogP contribution in [-0.2, 0) is 0 Å². The summed E-state index contributed by atoms with van der Waals surface area (Å²) in [6, 6.07) is 1.41. The van der Waals surface area contributed by atoms with E-state index in [0.29, 0.717) is 6.04 Å². The van der Waals surface area contributed by atoms with Crippen molar-refractivity contribution in [1.29, 1.82) is 0 Å². The van der Waals surface area contributed by atoms with E-state index >= 15 is 0 Å². The molecule has 1 N–H and O–H groups in total. The van der Waals surface area contributed by atoms with Crippen LogP contribution >= 0.6 is 0 Å². The highest BCUT2D eigenvalue weighted by molar-refractivity contribution is 4.87. The molecule has 1 saturated carbocycles. The Morgan fingerprint density at radius 1 is 1.10 bits per heavy atom. The van der Waals surface area contributed by atoms with Crippen molar-refractivity contribution >= 4 is 0 Å². The summed E-state index contributed by atoms with van der Waals surface area (Å²) in [5.41, 5.74) is 0. The standard InChI is InChI=1S/C19H40N2/c1-7-8-9-12-21(16(4)5)14-18-13-17(15(2)3)10-11-19(18)20-6/h15-20H,7-14H2,1-6H3. The van der Waals surface area contributed by atoms with E-state index in [9.17, 15) is 0 Å². The molecule has 0 heterocycles. The molecule has 1 fully saturated rings. The lowest BCUT2D eigenvalue weighted by molar-refractivity contribution is 0.107. The molecule has 1 rings (SSSR count). The highest BCUT2D eigenvalue weighted by atomic mass is 15.1. The maximum absolute atomic E-state index is 3.60. The van der Waals surface area contributed by atoms with Crippen molar-refractivity contribution in [2.24, 2.45) is 17.8 Å². The molecule has 0 spiro atoms. The molecule has 1 aliphatic rings. The molecule has 0 aromatic carbocycles. The summed E-state index contributed by atoms with van der Waals surface area (Å²) in [6.45, 7) is 14.4. The van der Waals surface area contributed by atoms with Crippen LogP contribution in [0.2, 0.25) is 0 Å². The smallest absolute Gasteiger partial charge is 0.0105 e.